The van der Waals surface area contributed by atoms with Gasteiger partial charge < -0.3 is 9.64 Å². The maximum Gasteiger partial charge on any atom is 0.222 e. The zero-order valence-electron chi connectivity index (χ0n) is 15.1. The first-order chi connectivity index (χ1) is 12.0. The molecular formula is C21H25NO3. The molecule has 0 radical (unpaired) electrons. The lowest BCUT2D eigenvalue weighted by Gasteiger charge is -2.25. The third kappa shape index (κ3) is 5.45. The Kier molecular flexibility index (Phi) is 6.75. The highest BCUT2D eigenvalue weighted by atomic mass is 16.5. The van der Waals surface area contributed by atoms with E-state index in [1.807, 2.05) is 44.3 Å². The normalized spacial score (nSPS) is 11.6. The van der Waals surface area contributed by atoms with Crippen molar-refractivity contribution in [1.29, 1.82) is 0 Å². The van der Waals surface area contributed by atoms with Gasteiger partial charge in [0, 0.05) is 19.0 Å². The number of ketones is 1. The van der Waals surface area contributed by atoms with Crippen LogP contribution >= 0.6 is 0 Å². The molecule has 0 saturated heterocycles. The fourth-order valence-corrected chi connectivity index (χ4v) is 2.55. The zero-order valence-corrected chi connectivity index (χ0v) is 15.1. The quantitative estimate of drug-likeness (QED) is 0.533. The molecule has 0 N–H and O–H groups in total. The molecule has 0 spiro atoms. The van der Waals surface area contributed by atoms with Crippen LogP contribution in [0, 0.1) is 0 Å². The van der Waals surface area contributed by atoms with Crippen molar-refractivity contribution in [2.75, 3.05) is 13.7 Å². The summed E-state index contributed by atoms with van der Waals surface area (Å²) in [6, 6.07) is 17.1. The third-order valence-electron chi connectivity index (χ3n) is 4.32. The van der Waals surface area contributed by atoms with Gasteiger partial charge in [0.2, 0.25) is 5.91 Å². The molecule has 2 aromatic carbocycles. The van der Waals surface area contributed by atoms with Crippen molar-refractivity contribution in [3.05, 3.63) is 65.7 Å². The van der Waals surface area contributed by atoms with E-state index in [0.717, 1.165) is 5.56 Å². The predicted octanol–water partition coefficient (Wildman–Crippen LogP) is 4.27. The molecular weight excluding hydrogens is 314 g/mol. The van der Waals surface area contributed by atoms with E-state index in [-0.39, 0.29) is 17.7 Å². The molecule has 0 aliphatic rings. The van der Waals surface area contributed by atoms with Crippen LogP contribution in [0.15, 0.2) is 54.6 Å². The number of carbonyl (C=O) groups is 2. The summed E-state index contributed by atoms with van der Waals surface area (Å²) >= 11 is 0. The highest BCUT2D eigenvalue weighted by Crippen LogP contribution is 2.19. The summed E-state index contributed by atoms with van der Waals surface area (Å²) in [6.45, 7) is 4.04. The van der Waals surface area contributed by atoms with Gasteiger partial charge in [0.25, 0.3) is 0 Å². The van der Waals surface area contributed by atoms with Crippen molar-refractivity contribution in [1.82, 2.24) is 4.90 Å². The smallest absolute Gasteiger partial charge is 0.222 e. The van der Waals surface area contributed by atoms with Crippen LogP contribution in [0.25, 0.3) is 0 Å². The number of Topliss-reactive ketones (excluding diaryl/α,β-unsaturated/α-hetero) is 1. The second kappa shape index (κ2) is 9.02. The maximum absolute atomic E-state index is 12.3. The number of rotatable bonds is 8. The van der Waals surface area contributed by atoms with Crippen LogP contribution < -0.4 is 4.74 Å². The second-order valence-corrected chi connectivity index (χ2v) is 6.12. The lowest BCUT2D eigenvalue weighted by Crippen LogP contribution is -2.29. The number of hydrogen-bond donors (Lipinski definition) is 0. The number of nitrogens with zero attached hydrogens (tertiary/aromatic N) is 1. The molecule has 0 aliphatic heterocycles. The van der Waals surface area contributed by atoms with Crippen molar-refractivity contribution in [2.24, 2.45) is 0 Å². The number of hydrogen-bond acceptors (Lipinski definition) is 3. The zero-order chi connectivity index (χ0) is 18.2. The Morgan fingerprint density at radius 3 is 2.28 bits per heavy atom. The van der Waals surface area contributed by atoms with Gasteiger partial charge in [0.05, 0.1) is 12.6 Å². The van der Waals surface area contributed by atoms with E-state index in [2.05, 4.69) is 0 Å². The molecule has 4 heteroatoms. The van der Waals surface area contributed by atoms with Gasteiger partial charge in [-0.25, -0.2) is 0 Å². The van der Waals surface area contributed by atoms with E-state index in [4.69, 9.17) is 4.74 Å². The predicted molar refractivity (Wildman–Crippen MR) is 98.8 cm³/mol. The standard InChI is InChI=1S/C21H25NO3/c1-16(18-8-5-4-6-9-18)22(3)21(24)10-7-15-25-20-13-11-19(12-14-20)17(2)23/h4-6,8-9,11-14,16H,7,10,15H2,1-3H3. The van der Waals surface area contributed by atoms with Crippen LogP contribution in [0.3, 0.4) is 0 Å². The first-order valence-corrected chi connectivity index (χ1v) is 8.53. The highest BCUT2D eigenvalue weighted by Gasteiger charge is 2.16. The minimum absolute atomic E-state index is 0.0349. The van der Waals surface area contributed by atoms with Gasteiger partial charge in [-0.3, -0.25) is 9.59 Å². The molecule has 0 fully saturated rings. The molecule has 2 rings (SSSR count). The van der Waals surface area contributed by atoms with Crippen LogP contribution in [-0.2, 0) is 4.79 Å². The molecule has 25 heavy (non-hydrogen) atoms. The van der Waals surface area contributed by atoms with E-state index in [9.17, 15) is 9.59 Å². The summed E-state index contributed by atoms with van der Waals surface area (Å²) in [5, 5.41) is 0. The van der Waals surface area contributed by atoms with Crippen LogP contribution in [0.4, 0.5) is 0 Å². The largest absolute Gasteiger partial charge is 0.494 e. The van der Waals surface area contributed by atoms with Gasteiger partial charge in [-0.05, 0) is 50.1 Å². The molecule has 1 atom stereocenters. The summed E-state index contributed by atoms with van der Waals surface area (Å²) < 4.78 is 5.63. The van der Waals surface area contributed by atoms with Crippen LogP contribution in [0.5, 0.6) is 5.75 Å². The monoisotopic (exact) mass is 339 g/mol. The SMILES string of the molecule is CC(=O)c1ccc(OCCCC(=O)N(C)C(C)c2ccccc2)cc1. The van der Waals surface area contributed by atoms with E-state index < -0.39 is 0 Å². The number of amides is 1. The van der Waals surface area contributed by atoms with Crippen molar-refractivity contribution in [3.63, 3.8) is 0 Å². The van der Waals surface area contributed by atoms with Crippen LogP contribution in [0.1, 0.15) is 48.7 Å². The van der Waals surface area contributed by atoms with Gasteiger partial charge in [0.1, 0.15) is 5.75 Å². The molecule has 2 aromatic rings. The van der Waals surface area contributed by atoms with E-state index in [0.29, 0.717) is 30.8 Å². The number of benzene rings is 2. The molecule has 132 valence electrons. The topological polar surface area (TPSA) is 46.6 Å². The Balaban J connectivity index is 1.75. The number of ether oxygens (including phenoxy) is 1. The molecule has 0 aliphatic carbocycles. The van der Waals surface area contributed by atoms with E-state index >= 15 is 0 Å². The molecule has 0 aromatic heterocycles. The fraction of sp³-hybridized carbons (Fsp3) is 0.333. The Bertz CT molecular complexity index is 695. The van der Waals surface area contributed by atoms with E-state index in [1.54, 1.807) is 29.2 Å². The summed E-state index contributed by atoms with van der Waals surface area (Å²) in [4.78, 5) is 25.3. The molecule has 1 amide bonds. The Morgan fingerprint density at radius 1 is 1.04 bits per heavy atom. The molecule has 1 unspecified atom stereocenters. The van der Waals surface area contributed by atoms with Gasteiger partial charge in [-0.2, -0.15) is 0 Å². The van der Waals surface area contributed by atoms with Gasteiger partial charge >= 0.3 is 0 Å². The minimum atomic E-state index is 0.0349. The average Bonchev–Trinajstić information content (AvgIpc) is 2.65. The highest BCUT2D eigenvalue weighted by molar-refractivity contribution is 5.94. The first kappa shape index (κ1) is 18.7. The summed E-state index contributed by atoms with van der Waals surface area (Å²) in [5.74, 6) is 0.850. The molecule has 0 heterocycles. The van der Waals surface area contributed by atoms with Crippen LogP contribution in [0.2, 0.25) is 0 Å². The summed E-state index contributed by atoms with van der Waals surface area (Å²) in [5.41, 5.74) is 1.79. The Labute approximate surface area is 149 Å². The third-order valence-corrected chi connectivity index (χ3v) is 4.32. The van der Waals surface area contributed by atoms with Gasteiger partial charge in [0.15, 0.2) is 5.78 Å². The Morgan fingerprint density at radius 2 is 1.68 bits per heavy atom. The number of carbonyl (C=O) groups excluding carboxylic acids is 2. The minimum Gasteiger partial charge on any atom is -0.494 e. The van der Waals surface area contributed by atoms with E-state index in [1.165, 1.54) is 6.92 Å². The van der Waals surface area contributed by atoms with Crippen molar-refractivity contribution < 1.29 is 14.3 Å². The van der Waals surface area contributed by atoms with Crippen molar-refractivity contribution in [3.8, 4) is 5.75 Å². The lowest BCUT2D eigenvalue weighted by atomic mass is 10.1. The first-order valence-electron chi connectivity index (χ1n) is 8.53. The fourth-order valence-electron chi connectivity index (χ4n) is 2.55. The van der Waals surface area contributed by atoms with Gasteiger partial charge in [-0.1, -0.05) is 30.3 Å². The van der Waals surface area contributed by atoms with Crippen molar-refractivity contribution >= 4 is 11.7 Å². The maximum atomic E-state index is 12.3. The van der Waals surface area contributed by atoms with Crippen LogP contribution in [-0.4, -0.2) is 30.2 Å². The summed E-state index contributed by atoms with van der Waals surface area (Å²) in [7, 11) is 1.83. The second-order valence-electron chi connectivity index (χ2n) is 6.12. The molecule has 4 nitrogen and oxygen atoms in total. The summed E-state index contributed by atoms with van der Waals surface area (Å²) in [6.07, 6.45) is 1.10. The average molecular weight is 339 g/mol. The lowest BCUT2D eigenvalue weighted by molar-refractivity contribution is -0.132. The molecule has 0 bridgehead atoms. The molecule has 0 saturated carbocycles. The Hall–Kier alpha value is -2.62. The van der Waals surface area contributed by atoms with Crippen molar-refractivity contribution in [2.45, 2.75) is 32.7 Å². The van der Waals surface area contributed by atoms with Gasteiger partial charge in [-0.15, -0.1) is 0 Å².